The van der Waals surface area contributed by atoms with E-state index in [-0.39, 0.29) is 5.03 Å². The number of aromatic nitrogens is 3. The number of nitrogens with zero attached hydrogens (tertiary/aromatic N) is 2. The van der Waals surface area contributed by atoms with Crippen molar-refractivity contribution in [3.8, 4) is 0 Å². The monoisotopic (exact) mass is 281 g/mol. The Morgan fingerprint density at radius 1 is 1.42 bits per heavy atom. The summed E-state index contributed by atoms with van der Waals surface area (Å²) in [6, 6.07) is 3.38. The third kappa shape index (κ3) is 3.22. The second kappa shape index (κ2) is 5.70. The van der Waals surface area contributed by atoms with E-state index in [0.29, 0.717) is 17.9 Å². The number of H-pyrrole nitrogens is 1. The van der Waals surface area contributed by atoms with Crippen LogP contribution in [0.4, 0.5) is 11.4 Å². The number of hydrogen-bond acceptors (Lipinski definition) is 5. The Bertz CT molecular complexity index is 624. The van der Waals surface area contributed by atoms with Gasteiger partial charge >= 0.3 is 0 Å². The van der Waals surface area contributed by atoms with E-state index in [1.165, 1.54) is 18.6 Å². The standard InChI is InChI=1S/C11H15N5O2S/c1-2-5-12-10-4-3-6-13-11(10)19(17,18)16-9-7-14-15-8-9/h3-4,6-8,12,16H,2,5H2,1H3,(H,14,15). The van der Waals surface area contributed by atoms with E-state index in [1.54, 1.807) is 12.1 Å². The fourth-order valence-electron chi connectivity index (χ4n) is 1.51. The molecule has 0 fully saturated rings. The smallest absolute Gasteiger partial charge is 0.281 e. The van der Waals surface area contributed by atoms with E-state index in [9.17, 15) is 8.42 Å². The summed E-state index contributed by atoms with van der Waals surface area (Å²) in [5.41, 5.74) is 0.854. The number of aromatic amines is 1. The minimum absolute atomic E-state index is 0.0235. The molecular weight excluding hydrogens is 266 g/mol. The summed E-state index contributed by atoms with van der Waals surface area (Å²) < 4.78 is 26.9. The molecule has 102 valence electrons. The van der Waals surface area contributed by atoms with Crippen LogP contribution < -0.4 is 10.0 Å². The highest BCUT2D eigenvalue weighted by atomic mass is 32.2. The van der Waals surface area contributed by atoms with Gasteiger partial charge in [0.1, 0.15) is 0 Å². The van der Waals surface area contributed by atoms with Crippen molar-refractivity contribution >= 4 is 21.4 Å². The summed E-state index contributed by atoms with van der Waals surface area (Å²) in [6.07, 6.45) is 5.18. The van der Waals surface area contributed by atoms with Gasteiger partial charge in [0.15, 0.2) is 5.03 Å². The van der Waals surface area contributed by atoms with E-state index in [0.717, 1.165) is 6.42 Å². The van der Waals surface area contributed by atoms with Gasteiger partial charge in [-0.3, -0.25) is 9.82 Å². The topological polar surface area (TPSA) is 99.8 Å². The molecule has 19 heavy (non-hydrogen) atoms. The molecule has 2 heterocycles. The Morgan fingerprint density at radius 3 is 2.95 bits per heavy atom. The van der Waals surface area contributed by atoms with Crippen molar-refractivity contribution in [3.63, 3.8) is 0 Å². The molecule has 0 radical (unpaired) electrons. The van der Waals surface area contributed by atoms with Crippen LogP contribution in [0.15, 0.2) is 35.7 Å². The quantitative estimate of drug-likeness (QED) is 0.743. The first-order chi connectivity index (χ1) is 9.13. The molecule has 0 atom stereocenters. The Labute approximate surface area is 111 Å². The van der Waals surface area contributed by atoms with E-state index >= 15 is 0 Å². The van der Waals surface area contributed by atoms with Crippen molar-refractivity contribution in [2.75, 3.05) is 16.6 Å². The Morgan fingerprint density at radius 2 is 2.26 bits per heavy atom. The van der Waals surface area contributed by atoms with E-state index in [2.05, 4.69) is 25.2 Å². The highest BCUT2D eigenvalue weighted by Gasteiger charge is 2.20. The summed E-state index contributed by atoms with van der Waals surface area (Å²) in [5.74, 6) is 0. The second-order valence-electron chi connectivity index (χ2n) is 3.88. The van der Waals surface area contributed by atoms with Crippen LogP contribution in [0.1, 0.15) is 13.3 Å². The van der Waals surface area contributed by atoms with Gasteiger partial charge in [-0.2, -0.15) is 13.5 Å². The van der Waals surface area contributed by atoms with E-state index < -0.39 is 10.0 Å². The van der Waals surface area contributed by atoms with Crippen molar-refractivity contribution in [3.05, 3.63) is 30.7 Å². The van der Waals surface area contributed by atoms with E-state index in [4.69, 9.17) is 0 Å². The molecule has 0 aliphatic rings. The molecule has 2 aromatic rings. The van der Waals surface area contributed by atoms with Gasteiger partial charge in [-0.05, 0) is 18.6 Å². The summed E-state index contributed by atoms with van der Waals surface area (Å²) in [7, 11) is -3.73. The first kappa shape index (κ1) is 13.3. The molecule has 0 aromatic carbocycles. The molecule has 3 N–H and O–H groups in total. The maximum absolute atomic E-state index is 12.2. The molecule has 0 saturated heterocycles. The van der Waals surface area contributed by atoms with Crippen LogP contribution >= 0.6 is 0 Å². The molecular formula is C11H15N5O2S. The minimum atomic E-state index is -3.73. The number of pyridine rings is 1. The Balaban J connectivity index is 2.29. The highest BCUT2D eigenvalue weighted by Crippen LogP contribution is 2.20. The Hall–Kier alpha value is -2.09. The third-order valence-corrected chi connectivity index (χ3v) is 3.68. The van der Waals surface area contributed by atoms with Gasteiger partial charge in [-0.1, -0.05) is 6.92 Å². The first-order valence-electron chi connectivity index (χ1n) is 5.84. The highest BCUT2D eigenvalue weighted by molar-refractivity contribution is 7.92. The average molecular weight is 281 g/mol. The zero-order chi connectivity index (χ0) is 13.7. The fourth-order valence-corrected chi connectivity index (χ4v) is 2.66. The van der Waals surface area contributed by atoms with E-state index in [1.807, 2.05) is 6.92 Å². The van der Waals surface area contributed by atoms with Crippen LogP contribution in [-0.2, 0) is 10.0 Å². The number of hydrogen-bond donors (Lipinski definition) is 3. The summed E-state index contributed by atoms with van der Waals surface area (Å²) in [6.45, 7) is 2.68. The molecule has 8 heteroatoms. The summed E-state index contributed by atoms with van der Waals surface area (Å²) >= 11 is 0. The normalized spacial score (nSPS) is 11.2. The lowest BCUT2D eigenvalue weighted by Gasteiger charge is -2.11. The lowest BCUT2D eigenvalue weighted by molar-refractivity contribution is 0.598. The van der Waals surface area contributed by atoms with Gasteiger partial charge in [-0.15, -0.1) is 0 Å². The van der Waals surface area contributed by atoms with Gasteiger partial charge in [0, 0.05) is 18.9 Å². The van der Waals surface area contributed by atoms with Gasteiger partial charge in [0.2, 0.25) is 0 Å². The zero-order valence-electron chi connectivity index (χ0n) is 10.4. The second-order valence-corrected chi connectivity index (χ2v) is 5.47. The SMILES string of the molecule is CCCNc1cccnc1S(=O)(=O)Nc1cn[nH]c1. The largest absolute Gasteiger partial charge is 0.383 e. The number of nitrogens with one attached hydrogen (secondary N) is 3. The zero-order valence-corrected chi connectivity index (χ0v) is 11.2. The molecule has 0 spiro atoms. The molecule has 2 aromatic heterocycles. The van der Waals surface area contributed by atoms with Crippen LogP contribution in [-0.4, -0.2) is 30.1 Å². The van der Waals surface area contributed by atoms with Crippen LogP contribution in [0, 0.1) is 0 Å². The van der Waals surface area contributed by atoms with Crippen LogP contribution in [0.3, 0.4) is 0 Å². The van der Waals surface area contributed by atoms with Crippen LogP contribution in [0.25, 0.3) is 0 Å². The summed E-state index contributed by atoms with van der Waals surface area (Å²) in [5, 5.41) is 9.24. The third-order valence-electron chi connectivity index (χ3n) is 2.34. The molecule has 0 unspecified atom stereocenters. The van der Waals surface area contributed by atoms with Gasteiger partial charge in [-0.25, -0.2) is 4.98 Å². The number of sulfonamides is 1. The maximum atomic E-state index is 12.2. The molecule has 0 amide bonds. The van der Waals surface area contributed by atoms with Crippen molar-refractivity contribution < 1.29 is 8.42 Å². The molecule has 0 aliphatic carbocycles. The first-order valence-corrected chi connectivity index (χ1v) is 7.32. The summed E-state index contributed by atoms with van der Waals surface area (Å²) in [4.78, 5) is 3.94. The van der Waals surface area contributed by atoms with Crippen molar-refractivity contribution in [1.82, 2.24) is 15.2 Å². The predicted octanol–water partition coefficient (Wildman–Crippen LogP) is 1.43. The maximum Gasteiger partial charge on any atom is 0.281 e. The number of anilines is 2. The number of rotatable bonds is 6. The van der Waals surface area contributed by atoms with Crippen molar-refractivity contribution in [2.24, 2.45) is 0 Å². The fraction of sp³-hybridized carbons (Fsp3) is 0.273. The molecule has 0 saturated carbocycles. The van der Waals surface area contributed by atoms with Crippen molar-refractivity contribution in [2.45, 2.75) is 18.4 Å². The molecule has 7 nitrogen and oxygen atoms in total. The van der Waals surface area contributed by atoms with Crippen LogP contribution in [0.5, 0.6) is 0 Å². The molecule has 0 aliphatic heterocycles. The predicted molar refractivity (Wildman–Crippen MR) is 72.4 cm³/mol. The lowest BCUT2D eigenvalue weighted by atomic mass is 10.4. The lowest BCUT2D eigenvalue weighted by Crippen LogP contribution is -2.17. The Kier molecular flexibility index (Phi) is 4.00. The average Bonchev–Trinajstić information content (AvgIpc) is 2.88. The molecule has 2 rings (SSSR count). The minimum Gasteiger partial charge on any atom is -0.383 e. The van der Waals surface area contributed by atoms with Gasteiger partial charge in [0.05, 0.1) is 17.6 Å². The van der Waals surface area contributed by atoms with Gasteiger partial charge < -0.3 is 5.32 Å². The van der Waals surface area contributed by atoms with Gasteiger partial charge in [0.25, 0.3) is 10.0 Å². The van der Waals surface area contributed by atoms with Crippen molar-refractivity contribution in [1.29, 1.82) is 0 Å². The van der Waals surface area contributed by atoms with Crippen LogP contribution in [0.2, 0.25) is 0 Å². The molecule has 0 bridgehead atoms.